The van der Waals surface area contributed by atoms with Crippen molar-refractivity contribution in [2.75, 3.05) is 13.2 Å². The molecular weight excluding hydrogens is 174 g/mol. The number of aryl methyl sites for hydroxylation is 2. The highest BCUT2D eigenvalue weighted by Crippen LogP contribution is 2.19. The number of rotatable bonds is 4. The van der Waals surface area contributed by atoms with Crippen LogP contribution in [0.5, 0.6) is 5.75 Å². The van der Waals surface area contributed by atoms with Crippen LogP contribution in [0.1, 0.15) is 11.1 Å². The summed E-state index contributed by atoms with van der Waals surface area (Å²) in [7, 11) is 0. The van der Waals surface area contributed by atoms with Crippen LogP contribution in [0, 0.1) is 13.8 Å². The van der Waals surface area contributed by atoms with Crippen LogP contribution >= 0.6 is 0 Å². The van der Waals surface area contributed by atoms with Crippen molar-refractivity contribution in [3.8, 4) is 5.75 Å². The highest BCUT2D eigenvalue weighted by molar-refractivity contribution is 5.36. The van der Waals surface area contributed by atoms with Gasteiger partial charge in [-0.05, 0) is 36.6 Å². The zero-order valence-electron chi connectivity index (χ0n) is 8.84. The maximum Gasteiger partial charge on any atom is 0.122 e. The summed E-state index contributed by atoms with van der Waals surface area (Å²) in [6.07, 6.45) is 0. The van der Waals surface area contributed by atoms with Crippen molar-refractivity contribution in [3.63, 3.8) is 0 Å². The molecule has 0 saturated heterocycles. The van der Waals surface area contributed by atoms with Gasteiger partial charge in [0.15, 0.2) is 0 Å². The standard InChI is InChI=1S/C12H17NO/c1-9-4-5-11(3)12(6-9)14-8-10(2)7-13/h4-6H,2,7-8,13H2,1,3H3. The first-order valence-corrected chi connectivity index (χ1v) is 4.70. The molecule has 1 aromatic carbocycles. The van der Waals surface area contributed by atoms with Gasteiger partial charge in [-0.1, -0.05) is 18.7 Å². The molecule has 0 atom stereocenters. The molecule has 0 unspecified atom stereocenters. The summed E-state index contributed by atoms with van der Waals surface area (Å²) in [5.41, 5.74) is 8.67. The number of hydrogen-bond donors (Lipinski definition) is 1. The van der Waals surface area contributed by atoms with Crippen molar-refractivity contribution >= 4 is 0 Å². The normalized spacial score (nSPS) is 9.93. The molecule has 14 heavy (non-hydrogen) atoms. The Labute approximate surface area is 85.4 Å². The lowest BCUT2D eigenvalue weighted by Gasteiger charge is -2.10. The van der Waals surface area contributed by atoms with Gasteiger partial charge in [0, 0.05) is 6.54 Å². The Bertz CT molecular complexity index is 331. The highest BCUT2D eigenvalue weighted by atomic mass is 16.5. The van der Waals surface area contributed by atoms with E-state index in [1.165, 1.54) is 5.56 Å². The summed E-state index contributed by atoms with van der Waals surface area (Å²) in [5.74, 6) is 0.916. The first kappa shape index (κ1) is 10.8. The van der Waals surface area contributed by atoms with Crippen LogP contribution in [0.15, 0.2) is 30.4 Å². The van der Waals surface area contributed by atoms with Gasteiger partial charge in [0.1, 0.15) is 12.4 Å². The van der Waals surface area contributed by atoms with Crippen LogP contribution in [-0.2, 0) is 0 Å². The lowest BCUT2D eigenvalue weighted by Crippen LogP contribution is -2.10. The molecular formula is C12H17NO. The second-order valence-corrected chi connectivity index (χ2v) is 3.51. The third-order valence-corrected chi connectivity index (χ3v) is 2.06. The Morgan fingerprint density at radius 1 is 1.43 bits per heavy atom. The molecule has 0 aliphatic carbocycles. The molecule has 0 bridgehead atoms. The monoisotopic (exact) mass is 191 g/mol. The topological polar surface area (TPSA) is 35.2 Å². The van der Waals surface area contributed by atoms with E-state index in [1.807, 2.05) is 19.9 Å². The van der Waals surface area contributed by atoms with Crippen LogP contribution in [0.25, 0.3) is 0 Å². The first-order chi connectivity index (χ1) is 6.63. The highest BCUT2D eigenvalue weighted by Gasteiger charge is 2.00. The molecule has 0 aromatic heterocycles. The van der Waals surface area contributed by atoms with Crippen LogP contribution in [-0.4, -0.2) is 13.2 Å². The van der Waals surface area contributed by atoms with E-state index in [0.717, 1.165) is 16.9 Å². The molecule has 0 spiro atoms. The van der Waals surface area contributed by atoms with Gasteiger partial charge in [-0.15, -0.1) is 0 Å². The van der Waals surface area contributed by atoms with Gasteiger partial charge in [-0.2, -0.15) is 0 Å². The molecule has 1 rings (SSSR count). The minimum Gasteiger partial charge on any atom is -0.489 e. The molecule has 0 amide bonds. The first-order valence-electron chi connectivity index (χ1n) is 4.70. The zero-order valence-corrected chi connectivity index (χ0v) is 8.84. The molecule has 0 saturated carbocycles. The zero-order chi connectivity index (χ0) is 10.6. The van der Waals surface area contributed by atoms with Gasteiger partial charge in [0.2, 0.25) is 0 Å². The summed E-state index contributed by atoms with van der Waals surface area (Å²) in [6, 6.07) is 6.15. The molecule has 2 N–H and O–H groups in total. The quantitative estimate of drug-likeness (QED) is 0.740. The van der Waals surface area contributed by atoms with Gasteiger partial charge in [0.25, 0.3) is 0 Å². The number of benzene rings is 1. The Hall–Kier alpha value is -1.28. The Morgan fingerprint density at radius 2 is 2.14 bits per heavy atom. The van der Waals surface area contributed by atoms with Crippen molar-refractivity contribution < 1.29 is 4.74 Å². The minimum atomic E-state index is 0.477. The van der Waals surface area contributed by atoms with Crippen molar-refractivity contribution in [1.82, 2.24) is 0 Å². The maximum atomic E-state index is 5.59. The number of hydrogen-bond acceptors (Lipinski definition) is 2. The molecule has 1 aromatic rings. The van der Waals surface area contributed by atoms with E-state index in [1.54, 1.807) is 0 Å². The van der Waals surface area contributed by atoms with Gasteiger partial charge in [0.05, 0.1) is 0 Å². The summed E-state index contributed by atoms with van der Waals surface area (Å²) in [4.78, 5) is 0. The van der Waals surface area contributed by atoms with Crippen LogP contribution in [0.2, 0.25) is 0 Å². The van der Waals surface area contributed by atoms with E-state index in [0.29, 0.717) is 13.2 Å². The van der Waals surface area contributed by atoms with E-state index in [4.69, 9.17) is 10.5 Å². The van der Waals surface area contributed by atoms with E-state index in [2.05, 4.69) is 18.7 Å². The minimum absolute atomic E-state index is 0.477. The lowest BCUT2D eigenvalue weighted by atomic mass is 10.1. The second-order valence-electron chi connectivity index (χ2n) is 3.51. The van der Waals surface area contributed by atoms with Crippen LogP contribution in [0.4, 0.5) is 0 Å². The number of ether oxygens (including phenoxy) is 1. The summed E-state index contributed by atoms with van der Waals surface area (Å²) >= 11 is 0. The summed E-state index contributed by atoms with van der Waals surface area (Å²) < 4.78 is 5.59. The molecule has 0 fully saturated rings. The Kier molecular flexibility index (Phi) is 3.72. The molecule has 0 heterocycles. The molecule has 0 aliphatic heterocycles. The average molecular weight is 191 g/mol. The van der Waals surface area contributed by atoms with E-state index < -0.39 is 0 Å². The smallest absolute Gasteiger partial charge is 0.122 e. The largest absolute Gasteiger partial charge is 0.489 e. The van der Waals surface area contributed by atoms with Crippen molar-refractivity contribution in [3.05, 3.63) is 41.5 Å². The molecule has 2 heteroatoms. The fourth-order valence-electron chi connectivity index (χ4n) is 1.10. The predicted molar refractivity (Wildman–Crippen MR) is 59.6 cm³/mol. The lowest BCUT2D eigenvalue weighted by molar-refractivity contribution is 0.348. The van der Waals surface area contributed by atoms with E-state index in [9.17, 15) is 0 Å². The molecule has 76 valence electrons. The SMILES string of the molecule is C=C(CN)COc1cc(C)ccc1C. The van der Waals surface area contributed by atoms with Crippen molar-refractivity contribution in [2.45, 2.75) is 13.8 Å². The summed E-state index contributed by atoms with van der Waals surface area (Å²) in [6.45, 7) is 8.84. The van der Waals surface area contributed by atoms with Gasteiger partial charge in [-0.25, -0.2) is 0 Å². The Balaban J connectivity index is 2.66. The Morgan fingerprint density at radius 3 is 2.79 bits per heavy atom. The van der Waals surface area contributed by atoms with Crippen LogP contribution in [0.3, 0.4) is 0 Å². The second kappa shape index (κ2) is 4.82. The number of nitrogens with two attached hydrogens (primary N) is 1. The predicted octanol–water partition coefficient (Wildman–Crippen LogP) is 2.20. The molecule has 0 radical (unpaired) electrons. The maximum absolute atomic E-state index is 5.59. The molecule has 2 nitrogen and oxygen atoms in total. The van der Waals surface area contributed by atoms with Crippen molar-refractivity contribution in [2.24, 2.45) is 5.73 Å². The summed E-state index contributed by atoms with van der Waals surface area (Å²) in [5, 5.41) is 0. The van der Waals surface area contributed by atoms with Gasteiger partial charge in [-0.3, -0.25) is 0 Å². The van der Waals surface area contributed by atoms with Crippen molar-refractivity contribution in [1.29, 1.82) is 0 Å². The van der Waals surface area contributed by atoms with E-state index >= 15 is 0 Å². The third kappa shape index (κ3) is 2.89. The third-order valence-electron chi connectivity index (χ3n) is 2.06. The fraction of sp³-hybridized carbons (Fsp3) is 0.333. The fourth-order valence-corrected chi connectivity index (χ4v) is 1.10. The van der Waals surface area contributed by atoms with Gasteiger partial charge < -0.3 is 10.5 Å². The average Bonchev–Trinajstić information content (AvgIpc) is 2.19. The van der Waals surface area contributed by atoms with E-state index in [-0.39, 0.29) is 0 Å². The van der Waals surface area contributed by atoms with Crippen LogP contribution < -0.4 is 10.5 Å². The molecule has 0 aliphatic rings. The van der Waals surface area contributed by atoms with Gasteiger partial charge >= 0.3 is 0 Å².